The number of aromatic nitrogens is 3. The van der Waals surface area contributed by atoms with Gasteiger partial charge >= 0.3 is 0 Å². The predicted octanol–water partition coefficient (Wildman–Crippen LogP) is 2.85. The largest absolute Gasteiger partial charge is 0.491 e. The van der Waals surface area contributed by atoms with E-state index in [9.17, 15) is 5.11 Å². The van der Waals surface area contributed by atoms with Crippen LogP contribution in [0.25, 0.3) is 22.6 Å². The van der Waals surface area contributed by atoms with Crippen molar-refractivity contribution in [2.75, 3.05) is 38.6 Å². The fourth-order valence-electron chi connectivity index (χ4n) is 4.22. The lowest BCUT2D eigenvalue weighted by Gasteiger charge is -2.25. The normalized spacial score (nSPS) is 15.3. The van der Waals surface area contributed by atoms with Gasteiger partial charge in [0, 0.05) is 23.7 Å². The van der Waals surface area contributed by atoms with Crippen LogP contribution in [0.3, 0.4) is 0 Å². The van der Waals surface area contributed by atoms with E-state index in [1.165, 1.54) is 0 Å². The van der Waals surface area contributed by atoms with Crippen molar-refractivity contribution in [1.29, 1.82) is 0 Å². The number of hydrogen-bond donors (Lipinski definition) is 4. The van der Waals surface area contributed by atoms with Gasteiger partial charge in [-0.2, -0.15) is 0 Å². The highest BCUT2D eigenvalue weighted by molar-refractivity contribution is 5.74. The maximum Gasteiger partial charge on any atom is 0.162 e. The highest BCUT2D eigenvalue weighted by Crippen LogP contribution is 2.34. The Hall–Kier alpha value is -3.01. The summed E-state index contributed by atoms with van der Waals surface area (Å²) in [5, 5.41) is 24.1. The second-order valence-corrected chi connectivity index (χ2v) is 8.79. The van der Waals surface area contributed by atoms with Gasteiger partial charge in [-0.15, -0.1) is 0 Å². The summed E-state index contributed by atoms with van der Waals surface area (Å²) in [6.45, 7) is 8.52. The summed E-state index contributed by atoms with van der Waals surface area (Å²) < 4.78 is 11.3. The molecule has 182 valence electrons. The van der Waals surface area contributed by atoms with Crippen molar-refractivity contribution in [3.8, 4) is 28.4 Å². The summed E-state index contributed by atoms with van der Waals surface area (Å²) in [5.41, 5.74) is 4.32. The number of benzene rings is 1. The topological polar surface area (TPSA) is 117 Å². The fourth-order valence-corrected chi connectivity index (χ4v) is 4.22. The first-order valence-corrected chi connectivity index (χ1v) is 11.8. The molecule has 9 heteroatoms. The number of aliphatic hydroxyl groups excluding tert-OH is 1. The average Bonchev–Trinajstić information content (AvgIpc) is 3.18. The van der Waals surface area contributed by atoms with Gasteiger partial charge in [0.05, 0.1) is 17.0 Å². The molecule has 34 heavy (non-hydrogen) atoms. The zero-order valence-corrected chi connectivity index (χ0v) is 20.3. The summed E-state index contributed by atoms with van der Waals surface area (Å²) in [4.78, 5) is 9.87. The summed E-state index contributed by atoms with van der Waals surface area (Å²) in [6, 6.07) is 8.00. The minimum absolute atomic E-state index is 0.200. The van der Waals surface area contributed by atoms with Crippen LogP contribution < -0.4 is 20.7 Å². The van der Waals surface area contributed by atoms with E-state index in [0.29, 0.717) is 24.2 Å². The quantitative estimate of drug-likeness (QED) is 0.378. The average molecular weight is 467 g/mol. The van der Waals surface area contributed by atoms with Gasteiger partial charge < -0.3 is 30.3 Å². The maximum atomic E-state index is 9.97. The number of anilines is 1. The third-order valence-corrected chi connectivity index (χ3v) is 6.07. The van der Waals surface area contributed by atoms with Crippen LogP contribution in [0.5, 0.6) is 5.75 Å². The number of nitrogens with one attached hydrogen (secondary N) is 3. The second-order valence-electron chi connectivity index (χ2n) is 8.79. The molecular weight excluding hydrogens is 432 g/mol. The number of piperidine rings is 1. The highest BCUT2D eigenvalue weighted by atomic mass is 16.5. The first kappa shape index (κ1) is 24.1. The Morgan fingerprint density at radius 1 is 1.21 bits per heavy atom. The van der Waals surface area contributed by atoms with Gasteiger partial charge in [-0.1, -0.05) is 17.3 Å². The molecule has 1 atom stereocenters. The molecule has 4 rings (SSSR count). The molecule has 1 saturated heterocycles. The standard InChI is InChI=1S/C25H34N6O3/c1-15-23(22-16(2)31-34-17(22)3)29-25(30-24(15)28-19-8-10-27-11-9-19)18-6-5-7-21(12-18)33-14-20(32)13-26-4/h5-7,12,19-20,26-27,32H,8-11,13-14H2,1-4H3,(H,28,29,30)/t20-/m0/s1. The number of aryl methyl sites for hydroxylation is 2. The molecule has 0 saturated carbocycles. The Kier molecular flexibility index (Phi) is 7.77. The van der Waals surface area contributed by atoms with E-state index in [1.54, 1.807) is 7.05 Å². The Labute approximate surface area is 200 Å². The summed E-state index contributed by atoms with van der Waals surface area (Å²) in [5.74, 6) is 2.80. The molecule has 0 aliphatic carbocycles. The molecule has 3 heterocycles. The van der Waals surface area contributed by atoms with Gasteiger partial charge in [0.1, 0.15) is 30.0 Å². The van der Waals surface area contributed by atoms with Gasteiger partial charge in [-0.05, 0) is 65.9 Å². The van der Waals surface area contributed by atoms with E-state index in [0.717, 1.165) is 65.6 Å². The van der Waals surface area contributed by atoms with Gasteiger partial charge in [-0.25, -0.2) is 9.97 Å². The molecular formula is C25H34N6O3. The fraction of sp³-hybridized carbons (Fsp3) is 0.480. The van der Waals surface area contributed by atoms with E-state index < -0.39 is 6.10 Å². The molecule has 0 unspecified atom stereocenters. The Balaban J connectivity index is 1.71. The molecule has 0 amide bonds. The first-order valence-electron chi connectivity index (χ1n) is 11.8. The van der Waals surface area contributed by atoms with Crippen molar-refractivity contribution in [1.82, 2.24) is 25.8 Å². The summed E-state index contributed by atoms with van der Waals surface area (Å²) in [6.07, 6.45) is 1.49. The van der Waals surface area contributed by atoms with Crippen LogP contribution in [-0.2, 0) is 0 Å². The van der Waals surface area contributed by atoms with Crippen molar-refractivity contribution < 1.29 is 14.4 Å². The van der Waals surface area contributed by atoms with Crippen molar-refractivity contribution >= 4 is 5.82 Å². The van der Waals surface area contributed by atoms with Crippen LogP contribution >= 0.6 is 0 Å². The smallest absolute Gasteiger partial charge is 0.162 e. The third-order valence-electron chi connectivity index (χ3n) is 6.07. The Morgan fingerprint density at radius 3 is 2.71 bits per heavy atom. The number of likely N-dealkylation sites (N-methyl/N-ethyl adjacent to an activating group) is 1. The maximum absolute atomic E-state index is 9.97. The molecule has 1 aliphatic rings. The number of hydrogen-bond acceptors (Lipinski definition) is 9. The molecule has 4 N–H and O–H groups in total. The van der Waals surface area contributed by atoms with Gasteiger partial charge in [-0.3, -0.25) is 0 Å². The van der Waals surface area contributed by atoms with Gasteiger partial charge in [0.15, 0.2) is 5.82 Å². The Morgan fingerprint density at radius 2 is 2.00 bits per heavy atom. The molecule has 1 aliphatic heterocycles. The lowest BCUT2D eigenvalue weighted by atomic mass is 10.0. The van der Waals surface area contributed by atoms with Crippen LogP contribution in [0, 0.1) is 20.8 Å². The van der Waals surface area contributed by atoms with Crippen LogP contribution in [0.1, 0.15) is 29.9 Å². The summed E-state index contributed by atoms with van der Waals surface area (Å²) in [7, 11) is 1.80. The number of ether oxygens (including phenoxy) is 1. The minimum atomic E-state index is -0.587. The van der Waals surface area contributed by atoms with Crippen LogP contribution in [-0.4, -0.2) is 65.7 Å². The lowest BCUT2D eigenvalue weighted by Crippen LogP contribution is -2.35. The molecule has 2 aromatic heterocycles. The zero-order valence-electron chi connectivity index (χ0n) is 20.3. The van der Waals surface area contributed by atoms with Crippen molar-refractivity contribution in [3.05, 3.63) is 41.3 Å². The van der Waals surface area contributed by atoms with E-state index in [4.69, 9.17) is 19.2 Å². The molecule has 0 spiro atoms. The van der Waals surface area contributed by atoms with E-state index in [2.05, 4.69) is 21.1 Å². The van der Waals surface area contributed by atoms with Gasteiger partial charge in [0.2, 0.25) is 0 Å². The van der Waals surface area contributed by atoms with Crippen LogP contribution in [0.4, 0.5) is 5.82 Å². The Bertz CT molecular complexity index is 1090. The van der Waals surface area contributed by atoms with Crippen molar-refractivity contribution in [3.63, 3.8) is 0 Å². The van der Waals surface area contributed by atoms with E-state index in [-0.39, 0.29) is 6.61 Å². The number of nitrogens with zero attached hydrogens (tertiary/aromatic N) is 3. The molecule has 1 aromatic carbocycles. The SMILES string of the molecule is CNC[C@H](O)COc1cccc(-c2nc(NC3CCNCC3)c(C)c(-c3c(C)noc3C)n2)c1. The third kappa shape index (κ3) is 5.55. The predicted molar refractivity (Wildman–Crippen MR) is 132 cm³/mol. The number of rotatable bonds is 9. The van der Waals surface area contributed by atoms with E-state index in [1.807, 2.05) is 45.0 Å². The number of aliphatic hydroxyl groups is 1. The molecule has 1 fully saturated rings. The molecule has 0 bridgehead atoms. The molecule has 9 nitrogen and oxygen atoms in total. The second kappa shape index (κ2) is 10.9. The van der Waals surface area contributed by atoms with E-state index >= 15 is 0 Å². The van der Waals surface area contributed by atoms with Crippen LogP contribution in [0.15, 0.2) is 28.8 Å². The van der Waals surface area contributed by atoms with Crippen molar-refractivity contribution in [2.24, 2.45) is 0 Å². The summed E-state index contributed by atoms with van der Waals surface area (Å²) >= 11 is 0. The van der Waals surface area contributed by atoms with Crippen molar-refractivity contribution in [2.45, 2.75) is 45.8 Å². The zero-order chi connectivity index (χ0) is 24.1. The first-order chi connectivity index (χ1) is 16.5. The van der Waals surface area contributed by atoms with Gasteiger partial charge in [0.25, 0.3) is 0 Å². The highest BCUT2D eigenvalue weighted by Gasteiger charge is 2.22. The van der Waals surface area contributed by atoms with Crippen LogP contribution in [0.2, 0.25) is 0 Å². The monoisotopic (exact) mass is 466 g/mol. The molecule has 3 aromatic rings. The minimum Gasteiger partial charge on any atom is -0.491 e. The lowest BCUT2D eigenvalue weighted by molar-refractivity contribution is 0.108. The molecule has 0 radical (unpaired) electrons.